The van der Waals surface area contributed by atoms with Crippen LogP contribution in [-0.2, 0) is 20.7 Å². The predicted molar refractivity (Wildman–Crippen MR) is 61.5 cm³/mol. The Kier molecular flexibility index (Phi) is 2.07. The number of aliphatic hydroxyl groups is 1. The number of ether oxygens (including phenoxy) is 1. The quantitative estimate of drug-likeness (QED) is 0.708. The molecule has 2 aliphatic rings. The SMILES string of the molecule is CC12OC(=O)C(Cc3ccccc3)(NC1=O)C2O. The van der Waals surface area contributed by atoms with Crippen molar-refractivity contribution in [1.82, 2.24) is 5.32 Å². The van der Waals surface area contributed by atoms with Crippen LogP contribution >= 0.6 is 0 Å². The van der Waals surface area contributed by atoms with Gasteiger partial charge in [-0.25, -0.2) is 4.79 Å². The van der Waals surface area contributed by atoms with E-state index in [0.29, 0.717) is 0 Å². The Bertz CT molecular complexity index is 529. The van der Waals surface area contributed by atoms with Gasteiger partial charge < -0.3 is 15.2 Å². The second kappa shape index (κ2) is 3.32. The van der Waals surface area contributed by atoms with Crippen LogP contribution in [0.3, 0.4) is 0 Å². The van der Waals surface area contributed by atoms with E-state index in [9.17, 15) is 14.7 Å². The first-order valence-electron chi connectivity index (χ1n) is 5.77. The molecule has 2 heterocycles. The minimum absolute atomic E-state index is 0.231. The molecule has 5 heteroatoms. The summed E-state index contributed by atoms with van der Waals surface area (Å²) >= 11 is 0. The van der Waals surface area contributed by atoms with Gasteiger partial charge in [-0.1, -0.05) is 30.3 Å². The number of aliphatic hydroxyl groups excluding tert-OH is 1. The monoisotopic (exact) mass is 247 g/mol. The number of fused-ring (bicyclic) bond motifs is 2. The Balaban J connectivity index is 2.00. The topological polar surface area (TPSA) is 75.6 Å². The zero-order valence-corrected chi connectivity index (χ0v) is 9.84. The van der Waals surface area contributed by atoms with Gasteiger partial charge >= 0.3 is 5.97 Å². The Morgan fingerprint density at radius 2 is 2.00 bits per heavy atom. The average Bonchev–Trinajstić information content (AvgIpc) is 2.63. The van der Waals surface area contributed by atoms with Crippen LogP contribution in [0.15, 0.2) is 30.3 Å². The van der Waals surface area contributed by atoms with E-state index >= 15 is 0 Å². The summed E-state index contributed by atoms with van der Waals surface area (Å²) < 4.78 is 5.05. The molecule has 94 valence electrons. The molecule has 2 N–H and O–H groups in total. The number of hydrogen-bond donors (Lipinski definition) is 2. The maximum atomic E-state index is 11.9. The fraction of sp³-hybridized carbons (Fsp3) is 0.385. The Morgan fingerprint density at radius 1 is 1.33 bits per heavy atom. The van der Waals surface area contributed by atoms with Crippen molar-refractivity contribution in [3.8, 4) is 0 Å². The van der Waals surface area contributed by atoms with Crippen LogP contribution in [0.4, 0.5) is 0 Å². The number of rotatable bonds is 2. The summed E-state index contributed by atoms with van der Waals surface area (Å²) in [6.45, 7) is 1.44. The summed E-state index contributed by atoms with van der Waals surface area (Å²) in [6, 6.07) is 9.23. The molecule has 0 radical (unpaired) electrons. The molecule has 5 nitrogen and oxygen atoms in total. The molecule has 0 aromatic heterocycles. The number of amides is 1. The van der Waals surface area contributed by atoms with Gasteiger partial charge in [0.1, 0.15) is 6.10 Å². The van der Waals surface area contributed by atoms with Gasteiger partial charge in [0.05, 0.1) is 0 Å². The number of carbonyl (C=O) groups excluding carboxylic acids is 2. The van der Waals surface area contributed by atoms with E-state index in [1.807, 2.05) is 30.3 Å². The van der Waals surface area contributed by atoms with Crippen molar-refractivity contribution in [3.63, 3.8) is 0 Å². The van der Waals surface area contributed by atoms with Crippen molar-refractivity contribution in [2.24, 2.45) is 0 Å². The standard InChI is InChI=1S/C13H13NO4/c1-12-9(15)13(11(17)18-12,14-10(12)16)7-8-5-3-2-4-6-8/h2-6,9,15H,7H2,1H3,(H,14,16). The Morgan fingerprint density at radius 3 is 2.56 bits per heavy atom. The summed E-state index contributed by atoms with van der Waals surface area (Å²) in [5, 5.41) is 12.8. The molecule has 3 rings (SSSR count). The molecule has 0 saturated carbocycles. The zero-order valence-electron chi connectivity index (χ0n) is 9.84. The first kappa shape index (κ1) is 11.2. The lowest BCUT2D eigenvalue weighted by atomic mass is 9.85. The lowest BCUT2D eigenvalue weighted by molar-refractivity contribution is -0.166. The number of hydrogen-bond acceptors (Lipinski definition) is 4. The van der Waals surface area contributed by atoms with E-state index in [2.05, 4.69) is 5.32 Å². The van der Waals surface area contributed by atoms with E-state index in [0.717, 1.165) is 5.56 Å². The molecule has 3 atom stereocenters. The van der Waals surface area contributed by atoms with Crippen molar-refractivity contribution in [1.29, 1.82) is 0 Å². The molecule has 2 aliphatic heterocycles. The molecular formula is C13H13NO4. The van der Waals surface area contributed by atoms with Gasteiger partial charge in [-0.2, -0.15) is 0 Å². The highest BCUT2D eigenvalue weighted by Gasteiger charge is 2.72. The van der Waals surface area contributed by atoms with Gasteiger partial charge in [0.2, 0.25) is 5.60 Å². The Labute approximate surface area is 104 Å². The number of benzene rings is 1. The smallest absolute Gasteiger partial charge is 0.336 e. The van der Waals surface area contributed by atoms with Gasteiger partial charge in [-0.3, -0.25) is 4.79 Å². The fourth-order valence-corrected chi connectivity index (χ4v) is 2.67. The summed E-state index contributed by atoms with van der Waals surface area (Å²) in [6.07, 6.45) is -0.931. The van der Waals surface area contributed by atoms with Crippen LogP contribution in [0, 0.1) is 0 Å². The first-order chi connectivity index (χ1) is 8.49. The third-order valence-electron chi connectivity index (χ3n) is 3.77. The van der Waals surface area contributed by atoms with Gasteiger partial charge in [0.15, 0.2) is 5.54 Å². The zero-order chi connectivity index (χ0) is 13.0. The van der Waals surface area contributed by atoms with Gasteiger partial charge in [0.25, 0.3) is 5.91 Å². The molecule has 1 aromatic rings. The molecule has 1 aromatic carbocycles. The van der Waals surface area contributed by atoms with Crippen LogP contribution in [-0.4, -0.2) is 34.2 Å². The summed E-state index contributed by atoms with van der Waals surface area (Å²) in [5.41, 5.74) is -1.93. The Hall–Kier alpha value is -1.88. The number of nitrogens with one attached hydrogen (secondary N) is 1. The van der Waals surface area contributed by atoms with Crippen molar-refractivity contribution in [2.45, 2.75) is 30.6 Å². The third-order valence-corrected chi connectivity index (χ3v) is 3.77. The van der Waals surface area contributed by atoms with Crippen LogP contribution < -0.4 is 5.32 Å². The van der Waals surface area contributed by atoms with E-state index in [4.69, 9.17) is 4.74 Å². The van der Waals surface area contributed by atoms with Crippen molar-refractivity contribution in [2.75, 3.05) is 0 Å². The lowest BCUT2D eigenvalue weighted by Crippen LogP contribution is -2.56. The summed E-state index contributed by atoms with van der Waals surface area (Å²) in [4.78, 5) is 23.7. The molecule has 0 aliphatic carbocycles. The van der Waals surface area contributed by atoms with E-state index in [-0.39, 0.29) is 6.42 Å². The summed E-state index contributed by atoms with van der Waals surface area (Å²) in [5.74, 6) is -1.01. The molecule has 2 bridgehead atoms. The maximum absolute atomic E-state index is 11.9. The van der Waals surface area contributed by atoms with E-state index in [1.165, 1.54) is 6.92 Å². The second-order valence-corrected chi connectivity index (χ2v) is 4.99. The molecule has 2 fully saturated rings. The molecule has 2 saturated heterocycles. The van der Waals surface area contributed by atoms with Crippen molar-refractivity contribution in [3.05, 3.63) is 35.9 Å². The van der Waals surface area contributed by atoms with Gasteiger partial charge in [-0.05, 0) is 12.5 Å². The first-order valence-corrected chi connectivity index (χ1v) is 5.77. The molecule has 3 unspecified atom stereocenters. The van der Waals surface area contributed by atoms with E-state index < -0.39 is 29.1 Å². The highest BCUT2D eigenvalue weighted by atomic mass is 16.6. The van der Waals surface area contributed by atoms with Crippen LogP contribution in [0.5, 0.6) is 0 Å². The third kappa shape index (κ3) is 1.19. The van der Waals surface area contributed by atoms with Crippen LogP contribution in [0.25, 0.3) is 0 Å². The van der Waals surface area contributed by atoms with Gasteiger partial charge in [0, 0.05) is 6.42 Å². The lowest BCUT2D eigenvalue weighted by Gasteiger charge is -2.25. The largest absolute Gasteiger partial charge is 0.444 e. The van der Waals surface area contributed by atoms with E-state index in [1.54, 1.807) is 0 Å². The highest BCUT2D eigenvalue weighted by Crippen LogP contribution is 2.42. The normalized spacial score (nSPS) is 37.6. The number of morpholine rings is 1. The number of carbonyl (C=O) groups is 2. The van der Waals surface area contributed by atoms with Crippen molar-refractivity contribution >= 4 is 11.9 Å². The summed E-state index contributed by atoms with van der Waals surface area (Å²) in [7, 11) is 0. The fourth-order valence-electron chi connectivity index (χ4n) is 2.67. The van der Waals surface area contributed by atoms with Gasteiger partial charge in [-0.15, -0.1) is 0 Å². The molecule has 1 amide bonds. The maximum Gasteiger partial charge on any atom is 0.336 e. The molecule has 18 heavy (non-hydrogen) atoms. The highest BCUT2D eigenvalue weighted by molar-refractivity contribution is 6.04. The molecule has 0 spiro atoms. The minimum atomic E-state index is -1.45. The minimum Gasteiger partial charge on any atom is -0.444 e. The molecular weight excluding hydrogens is 234 g/mol. The van der Waals surface area contributed by atoms with Crippen LogP contribution in [0.1, 0.15) is 12.5 Å². The second-order valence-electron chi connectivity index (χ2n) is 4.99. The predicted octanol–water partition coefficient (Wildman–Crippen LogP) is -0.226. The van der Waals surface area contributed by atoms with Crippen LogP contribution in [0.2, 0.25) is 0 Å². The average molecular weight is 247 g/mol. The number of esters is 1. The van der Waals surface area contributed by atoms with Crippen molar-refractivity contribution < 1.29 is 19.4 Å².